The second-order valence-corrected chi connectivity index (χ2v) is 6.91. The van der Waals surface area contributed by atoms with E-state index in [4.69, 9.17) is 9.47 Å². The van der Waals surface area contributed by atoms with Crippen molar-refractivity contribution in [2.45, 2.75) is 25.7 Å². The number of carbonyl (C=O) groups is 3. The zero-order valence-corrected chi connectivity index (χ0v) is 15.8. The number of ether oxygens (including phenoxy) is 3. The number of rotatable bonds is 9. The van der Waals surface area contributed by atoms with Crippen molar-refractivity contribution in [2.24, 2.45) is 0 Å². The molecule has 0 atom stereocenters. The highest BCUT2D eigenvalue weighted by atomic mass is 32.1. The Kier molecular flexibility index (Phi) is 8.02. The molecule has 1 aromatic heterocycles. The van der Waals surface area contributed by atoms with E-state index in [0.717, 1.165) is 36.1 Å². The number of hydrogen-bond acceptors (Lipinski definition) is 7. The number of fused-ring (bicyclic) bond motifs is 1. The van der Waals surface area contributed by atoms with E-state index in [1.807, 2.05) is 0 Å². The smallest absolute Gasteiger partial charge is 0.332 e. The van der Waals surface area contributed by atoms with Gasteiger partial charge in [-0.05, 0) is 31.2 Å². The molecule has 0 fully saturated rings. The number of thiophene rings is 1. The number of aryl methyl sites for hydroxylation is 1. The van der Waals surface area contributed by atoms with Gasteiger partial charge in [-0.3, -0.25) is 9.59 Å². The van der Waals surface area contributed by atoms with Crippen molar-refractivity contribution in [3.63, 3.8) is 0 Å². The van der Waals surface area contributed by atoms with Gasteiger partial charge in [-0.15, -0.1) is 11.3 Å². The molecule has 2 rings (SSSR count). The van der Waals surface area contributed by atoms with E-state index in [-0.39, 0.29) is 12.5 Å². The van der Waals surface area contributed by atoms with Gasteiger partial charge in [0.05, 0.1) is 12.2 Å². The minimum Gasteiger partial charge on any atom is -0.454 e. The van der Waals surface area contributed by atoms with Gasteiger partial charge in [0.2, 0.25) is 0 Å². The van der Waals surface area contributed by atoms with Gasteiger partial charge in [0.25, 0.3) is 11.8 Å². The SMILES string of the molecule is COCCNC(=O)c1c(NC(=O)COC(=O)COC)sc2c1CCCC2. The van der Waals surface area contributed by atoms with E-state index >= 15 is 0 Å². The molecule has 0 unspecified atom stereocenters. The molecule has 2 N–H and O–H groups in total. The van der Waals surface area contributed by atoms with Crippen molar-refractivity contribution in [1.29, 1.82) is 0 Å². The van der Waals surface area contributed by atoms with Gasteiger partial charge in [-0.1, -0.05) is 0 Å². The number of methoxy groups -OCH3 is 2. The summed E-state index contributed by atoms with van der Waals surface area (Å²) in [6.07, 6.45) is 3.80. The Bertz CT molecular complexity index is 658. The average Bonchev–Trinajstić information content (AvgIpc) is 2.98. The van der Waals surface area contributed by atoms with Gasteiger partial charge >= 0.3 is 5.97 Å². The van der Waals surface area contributed by atoms with Crippen LogP contribution in [0.5, 0.6) is 0 Å². The van der Waals surface area contributed by atoms with E-state index in [1.165, 1.54) is 18.4 Å². The summed E-state index contributed by atoms with van der Waals surface area (Å²) in [7, 11) is 2.93. The topological polar surface area (TPSA) is 103 Å². The summed E-state index contributed by atoms with van der Waals surface area (Å²) in [6.45, 7) is 0.167. The first-order chi connectivity index (χ1) is 12.6. The van der Waals surface area contributed by atoms with Gasteiger partial charge in [0.15, 0.2) is 6.61 Å². The lowest BCUT2D eigenvalue weighted by Gasteiger charge is -2.13. The maximum Gasteiger partial charge on any atom is 0.332 e. The largest absolute Gasteiger partial charge is 0.454 e. The molecule has 144 valence electrons. The van der Waals surface area contributed by atoms with Crippen LogP contribution in [0.4, 0.5) is 5.00 Å². The number of amides is 2. The van der Waals surface area contributed by atoms with Crippen molar-refractivity contribution in [3.8, 4) is 0 Å². The van der Waals surface area contributed by atoms with Crippen LogP contribution in [-0.4, -0.2) is 58.4 Å². The molecule has 2 amide bonds. The summed E-state index contributed by atoms with van der Waals surface area (Å²) in [5, 5.41) is 6.01. The van der Waals surface area contributed by atoms with Crippen molar-refractivity contribution in [2.75, 3.05) is 45.9 Å². The van der Waals surface area contributed by atoms with E-state index in [1.54, 1.807) is 7.11 Å². The van der Waals surface area contributed by atoms with Crippen molar-refractivity contribution in [3.05, 3.63) is 16.0 Å². The maximum atomic E-state index is 12.6. The van der Waals surface area contributed by atoms with Crippen molar-refractivity contribution in [1.82, 2.24) is 5.32 Å². The quantitative estimate of drug-likeness (QED) is 0.489. The van der Waals surface area contributed by atoms with Crippen molar-refractivity contribution < 1.29 is 28.6 Å². The highest BCUT2D eigenvalue weighted by Crippen LogP contribution is 2.38. The van der Waals surface area contributed by atoms with E-state index in [9.17, 15) is 14.4 Å². The molecule has 0 aliphatic heterocycles. The van der Waals surface area contributed by atoms with Crippen molar-refractivity contribution >= 4 is 34.1 Å². The van der Waals surface area contributed by atoms with Gasteiger partial charge in [0.1, 0.15) is 11.6 Å². The molecule has 1 aliphatic rings. The number of nitrogens with one attached hydrogen (secondary N) is 2. The lowest BCUT2D eigenvalue weighted by atomic mass is 9.95. The first-order valence-corrected chi connectivity index (χ1v) is 9.24. The molecule has 1 aromatic rings. The lowest BCUT2D eigenvalue weighted by molar-refractivity contribution is -0.150. The highest BCUT2D eigenvalue weighted by Gasteiger charge is 2.26. The standard InChI is InChI=1S/C17H24N2O6S/c1-23-8-7-18-16(22)15-11-5-3-4-6-12(11)26-17(15)19-13(20)9-25-14(21)10-24-2/h3-10H2,1-2H3,(H,18,22)(H,19,20). The van der Waals surface area contributed by atoms with Crippen LogP contribution in [-0.2, 0) is 36.6 Å². The fraction of sp³-hybridized carbons (Fsp3) is 0.588. The molecule has 0 spiro atoms. The van der Waals surface area contributed by atoms with Gasteiger partial charge in [0, 0.05) is 25.6 Å². The Labute approximate surface area is 156 Å². The van der Waals surface area contributed by atoms with E-state index in [2.05, 4.69) is 15.4 Å². The Balaban J connectivity index is 2.08. The molecule has 26 heavy (non-hydrogen) atoms. The van der Waals surface area contributed by atoms with Gasteiger partial charge in [-0.25, -0.2) is 4.79 Å². The van der Waals surface area contributed by atoms with Gasteiger partial charge in [-0.2, -0.15) is 0 Å². The monoisotopic (exact) mass is 384 g/mol. The molecule has 1 aliphatic carbocycles. The molecule has 8 nitrogen and oxygen atoms in total. The summed E-state index contributed by atoms with van der Waals surface area (Å²) >= 11 is 1.41. The summed E-state index contributed by atoms with van der Waals surface area (Å²) < 4.78 is 14.4. The first-order valence-electron chi connectivity index (χ1n) is 8.43. The predicted molar refractivity (Wildman–Crippen MR) is 96.6 cm³/mol. The summed E-state index contributed by atoms with van der Waals surface area (Å²) in [6, 6.07) is 0. The third-order valence-electron chi connectivity index (χ3n) is 3.87. The Morgan fingerprint density at radius 2 is 1.85 bits per heavy atom. The van der Waals surface area contributed by atoms with Crippen LogP contribution < -0.4 is 10.6 Å². The Morgan fingerprint density at radius 1 is 1.08 bits per heavy atom. The van der Waals surface area contributed by atoms with Gasteiger partial charge < -0.3 is 24.8 Å². The first kappa shape index (κ1) is 20.3. The van der Waals surface area contributed by atoms with Crippen LogP contribution in [0.25, 0.3) is 0 Å². The molecule has 1 heterocycles. The number of carbonyl (C=O) groups excluding carboxylic acids is 3. The van der Waals surface area contributed by atoms with Crippen LogP contribution in [0.1, 0.15) is 33.6 Å². The fourth-order valence-electron chi connectivity index (χ4n) is 2.72. The molecule has 0 radical (unpaired) electrons. The lowest BCUT2D eigenvalue weighted by Crippen LogP contribution is -2.29. The molecule has 0 saturated carbocycles. The average molecular weight is 384 g/mol. The van der Waals surface area contributed by atoms with E-state index in [0.29, 0.717) is 23.7 Å². The third-order valence-corrected chi connectivity index (χ3v) is 5.08. The highest BCUT2D eigenvalue weighted by molar-refractivity contribution is 7.17. The zero-order chi connectivity index (χ0) is 18.9. The van der Waals surface area contributed by atoms with Crippen LogP contribution >= 0.6 is 11.3 Å². The zero-order valence-electron chi connectivity index (χ0n) is 15.0. The Morgan fingerprint density at radius 3 is 2.58 bits per heavy atom. The summed E-state index contributed by atoms with van der Waals surface area (Å²) in [5.41, 5.74) is 1.51. The minimum absolute atomic E-state index is 0.215. The normalized spacial score (nSPS) is 13.0. The molecular weight excluding hydrogens is 360 g/mol. The fourth-order valence-corrected chi connectivity index (χ4v) is 4.02. The van der Waals surface area contributed by atoms with Crippen LogP contribution in [0.3, 0.4) is 0 Å². The van der Waals surface area contributed by atoms with Crippen LogP contribution in [0.15, 0.2) is 0 Å². The summed E-state index contributed by atoms with van der Waals surface area (Å²) in [5.74, 6) is -1.34. The molecule has 0 bridgehead atoms. The second-order valence-electron chi connectivity index (χ2n) is 5.81. The molecule has 0 saturated heterocycles. The number of anilines is 1. The third kappa shape index (κ3) is 5.52. The number of hydrogen-bond donors (Lipinski definition) is 2. The van der Waals surface area contributed by atoms with Crippen LogP contribution in [0, 0.1) is 0 Å². The molecule has 9 heteroatoms. The summed E-state index contributed by atoms with van der Waals surface area (Å²) in [4.78, 5) is 37.1. The van der Waals surface area contributed by atoms with Crippen LogP contribution in [0.2, 0.25) is 0 Å². The predicted octanol–water partition coefficient (Wildman–Crippen LogP) is 1.13. The molecular formula is C17H24N2O6S. The Hall–Kier alpha value is -1.97. The minimum atomic E-state index is -0.620. The second kappa shape index (κ2) is 10.2. The molecule has 0 aromatic carbocycles. The van der Waals surface area contributed by atoms with E-state index < -0.39 is 18.5 Å². The maximum absolute atomic E-state index is 12.6. The number of esters is 1.